The zero-order valence-corrected chi connectivity index (χ0v) is 15.1. The molecule has 0 radical (unpaired) electrons. The first-order chi connectivity index (χ1) is 12.2. The van der Waals surface area contributed by atoms with Crippen LogP contribution in [0.3, 0.4) is 0 Å². The van der Waals surface area contributed by atoms with E-state index in [1.165, 1.54) is 0 Å². The van der Waals surface area contributed by atoms with E-state index in [1.54, 1.807) is 18.4 Å². The Morgan fingerprint density at radius 3 is 2.64 bits per heavy atom. The van der Waals surface area contributed by atoms with E-state index in [1.807, 2.05) is 49.4 Å². The maximum atomic E-state index is 11.6. The number of hydrogen-bond donors (Lipinski definition) is 1. The molecular formula is C19H20N2O3S. The number of ether oxygens (including phenoxy) is 2. The molecule has 0 aliphatic carbocycles. The lowest BCUT2D eigenvalue weighted by Crippen LogP contribution is -2.24. The average Bonchev–Trinajstić information content (AvgIpc) is 3.03. The topological polar surface area (TPSA) is 60.5 Å². The van der Waals surface area contributed by atoms with Crippen LogP contribution in [0.4, 0.5) is 0 Å². The first-order valence-electron chi connectivity index (χ1n) is 8.10. The monoisotopic (exact) mass is 356 g/mol. The lowest BCUT2D eigenvalue weighted by molar-refractivity contribution is -0.120. The van der Waals surface area contributed by atoms with Crippen molar-refractivity contribution in [3.8, 4) is 11.5 Å². The number of fused-ring (bicyclic) bond motifs is 1. The number of nitrogens with zero attached hydrogens (tertiary/aromatic N) is 1. The van der Waals surface area contributed by atoms with E-state index < -0.39 is 0 Å². The Kier molecular flexibility index (Phi) is 5.50. The normalized spacial score (nSPS) is 10.6. The Hall–Kier alpha value is -2.60. The van der Waals surface area contributed by atoms with Gasteiger partial charge in [0.15, 0.2) is 0 Å². The fourth-order valence-electron chi connectivity index (χ4n) is 2.44. The number of thiazole rings is 1. The Bertz CT molecular complexity index is 859. The van der Waals surface area contributed by atoms with Crippen molar-refractivity contribution in [2.24, 2.45) is 0 Å². The molecule has 1 N–H and O–H groups in total. The highest BCUT2D eigenvalue weighted by atomic mass is 32.1. The van der Waals surface area contributed by atoms with E-state index in [4.69, 9.17) is 9.47 Å². The Morgan fingerprint density at radius 1 is 1.16 bits per heavy atom. The number of benzene rings is 2. The molecule has 0 atom stereocenters. The van der Waals surface area contributed by atoms with Gasteiger partial charge in [-0.15, -0.1) is 11.3 Å². The fraction of sp³-hybridized carbons (Fsp3) is 0.263. The van der Waals surface area contributed by atoms with Gasteiger partial charge in [-0.25, -0.2) is 4.98 Å². The first-order valence-corrected chi connectivity index (χ1v) is 8.91. The number of rotatable bonds is 7. The molecule has 1 amide bonds. The van der Waals surface area contributed by atoms with Crippen LogP contribution in [0.15, 0.2) is 42.5 Å². The summed E-state index contributed by atoms with van der Waals surface area (Å²) in [4.78, 5) is 16.1. The van der Waals surface area contributed by atoms with E-state index in [0.29, 0.717) is 19.6 Å². The van der Waals surface area contributed by atoms with Crippen LogP contribution in [0.5, 0.6) is 11.5 Å². The van der Waals surface area contributed by atoms with Gasteiger partial charge in [0.25, 0.3) is 0 Å². The van der Waals surface area contributed by atoms with Crippen molar-refractivity contribution < 1.29 is 14.3 Å². The molecule has 0 spiro atoms. The smallest absolute Gasteiger partial charge is 0.224 e. The number of methoxy groups -OCH3 is 1. The van der Waals surface area contributed by atoms with Crippen LogP contribution < -0.4 is 14.8 Å². The van der Waals surface area contributed by atoms with Crippen LogP contribution in [0.25, 0.3) is 10.2 Å². The standard InChI is InChI=1S/C19H20N2O3S/c1-3-20-18(22)10-13-4-6-14(7-5-13)24-12-19-21-16-9-8-15(23-2)11-17(16)25-19/h4-9,11H,3,10,12H2,1-2H3,(H,20,22). The summed E-state index contributed by atoms with van der Waals surface area (Å²) in [5.41, 5.74) is 1.91. The molecule has 5 nitrogen and oxygen atoms in total. The number of nitrogens with one attached hydrogen (secondary N) is 1. The van der Waals surface area contributed by atoms with E-state index >= 15 is 0 Å². The second-order valence-corrected chi connectivity index (χ2v) is 6.62. The van der Waals surface area contributed by atoms with E-state index in [-0.39, 0.29) is 5.91 Å². The number of carbonyl (C=O) groups excluding carboxylic acids is 1. The zero-order valence-electron chi connectivity index (χ0n) is 14.2. The van der Waals surface area contributed by atoms with Gasteiger partial charge in [0.05, 0.1) is 23.7 Å². The van der Waals surface area contributed by atoms with Crippen molar-refractivity contribution in [2.45, 2.75) is 20.0 Å². The Labute approximate surface area is 150 Å². The minimum Gasteiger partial charge on any atom is -0.497 e. The van der Waals surface area contributed by atoms with Crippen LogP contribution in [-0.2, 0) is 17.8 Å². The predicted molar refractivity (Wildman–Crippen MR) is 99.3 cm³/mol. The summed E-state index contributed by atoms with van der Waals surface area (Å²) in [6.07, 6.45) is 0.383. The molecule has 130 valence electrons. The van der Waals surface area contributed by atoms with Gasteiger partial charge < -0.3 is 14.8 Å². The Morgan fingerprint density at radius 2 is 1.92 bits per heavy atom. The molecule has 0 aliphatic heterocycles. The third-order valence-electron chi connectivity index (χ3n) is 3.66. The van der Waals surface area contributed by atoms with Crippen molar-refractivity contribution in [1.29, 1.82) is 0 Å². The molecule has 6 heteroatoms. The highest BCUT2D eigenvalue weighted by molar-refractivity contribution is 7.18. The highest BCUT2D eigenvalue weighted by Gasteiger charge is 2.07. The van der Waals surface area contributed by atoms with Gasteiger partial charge in [0.1, 0.15) is 23.1 Å². The van der Waals surface area contributed by atoms with Crippen LogP contribution in [0.1, 0.15) is 17.5 Å². The zero-order chi connectivity index (χ0) is 17.6. The molecule has 0 bridgehead atoms. The van der Waals surface area contributed by atoms with Crippen LogP contribution in [0, 0.1) is 0 Å². The van der Waals surface area contributed by atoms with Crippen LogP contribution in [0.2, 0.25) is 0 Å². The molecule has 0 aliphatic rings. The lowest BCUT2D eigenvalue weighted by Gasteiger charge is -2.06. The van der Waals surface area contributed by atoms with Crippen molar-refractivity contribution in [3.05, 3.63) is 53.0 Å². The fourth-order valence-corrected chi connectivity index (χ4v) is 3.34. The number of amides is 1. The summed E-state index contributed by atoms with van der Waals surface area (Å²) < 4.78 is 12.1. The summed E-state index contributed by atoms with van der Waals surface area (Å²) in [7, 11) is 1.65. The molecule has 0 unspecified atom stereocenters. The van der Waals surface area contributed by atoms with Gasteiger partial charge >= 0.3 is 0 Å². The molecular weight excluding hydrogens is 336 g/mol. The maximum Gasteiger partial charge on any atom is 0.224 e. The largest absolute Gasteiger partial charge is 0.497 e. The van der Waals surface area contributed by atoms with E-state index in [9.17, 15) is 4.79 Å². The quantitative estimate of drug-likeness (QED) is 0.703. The molecule has 25 heavy (non-hydrogen) atoms. The molecule has 1 heterocycles. The first kappa shape index (κ1) is 17.2. The molecule has 2 aromatic carbocycles. The van der Waals surface area contributed by atoms with Crippen molar-refractivity contribution in [3.63, 3.8) is 0 Å². The van der Waals surface area contributed by atoms with Crippen molar-refractivity contribution in [1.82, 2.24) is 10.3 Å². The highest BCUT2D eigenvalue weighted by Crippen LogP contribution is 2.27. The van der Waals surface area contributed by atoms with Gasteiger partial charge in [0.2, 0.25) is 5.91 Å². The minimum atomic E-state index is 0.0288. The van der Waals surface area contributed by atoms with Gasteiger partial charge in [-0.3, -0.25) is 4.79 Å². The van der Waals surface area contributed by atoms with Gasteiger partial charge in [-0.05, 0) is 42.8 Å². The molecule has 3 rings (SSSR count). The molecule has 0 saturated heterocycles. The molecule has 0 fully saturated rings. The number of likely N-dealkylation sites (N-methyl/N-ethyl adjacent to an activating group) is 1. The summed E-state index contributed by atoms with van der Waals surface area (Å²) in [5.74, 6) is 1.61. The van der Waals surface area contributed by atoms with Gasteiger partial charge in [-0.1, -0.05) is 12.1 Å². The van der Waals surface area contributed by atoms with Crippen LogP contribution >= 0.6 is 11.3 Å². The lowest BCUT2D eigenvalue weighted by atomic mass is 10.1. The van der Waals surface area contributed by atoms with E-state index in [2.05, 4.69) is 10.3 Å². The van der Waals surface area contributed by atoms with Gasteiger partial charge in [0, 0.05) is 6.54 Å². The average molecular weight is 356 g/mol. The summed E-state index contributed by atoms with van der Waals surface area (Å²) in [6.45, 7) is 2.97. The Balaban J connectivity index is 1.60. The molecule has 1 aromatic heterocycles. The summed E-state index contributed by atoms with van der Waals surface area (Å²) in [6, 6.07) is 13.4. The number of hydrogen-bond acceptors (Lipinski definition) is 5. The SMILES string of the molecule is CCNC(=O)Cc1ccc(OCc2nc3ccc(OC)cc3s2)cc1. The molecule has 0 saturated carbocycles. The molecule has 3 aromatic rings. The summed E-state index contributed by atoms with van der Waals surface area (Å²) >= 11 is 1.59. The minimum absolute atomic E-state index is 0.0288. The second kappa shape index (κ2) is 7.98. The third kappa shape index (κ3) is 4.48. The predicted octanol–water partition coefficient (Wildman–Crippen LogP) is 3.56. The third-order valence-corrected chi connectivity index (χ3v) is 4.66. The van der Waals surface area contributed by atoms with Crippen molar-refractivity contribution in [2.75, 3.05) is 13.7 Å². The maximum absolute atomic E-state index is 11.6. The van der Waals surface area contributed by atoms with Gasteiger partial charge in [-0.2, -0.15) is 0 Å². The number of aromatic nitrogens is 1. The van der Waals surface area contributed by atoms with E-state index in [0.717, 1.165) is 32.3 Å². The summed E-state index contributed by atoms with van der Waals surface area (Å²) in [5, 5.41) is 3.70. The second-order valence-electron chi connectivity index (χ2n) is 5.50. The van der Waals surface area contributed by atoms with Crippen molar-refractivity contribution >= 4 is 27.5 Å². The number of carbonyl (C=O) groups is 1. The van der Waals surface area contributed by atoms with Crippen LogP contribution in [-0.4, -0.2) is 24.5 Å².